The van der Waals surface area contributed by atoms with Crippen LogP contribution in [0.5, 0.6) is 0 Å². The highest BCUT2D eigenvalue weighted by atomic mass is 32.1. The Kier molecular flexibility index (Phi) is 5.18. The zero-order valence-electron chi connectivity index (χ0n) is 14.4. The summed E-state index contributed by atoms with van der Waals surface area (Å²) in [6.07, 6.45) is 0. The lowest BCUT2D eigenvalue weighted by atomic mass is 9.94. The second-order valence-electron chi connectivity index (χ2n) is 5.85. The van der Waals surface area contributed by atoms with Crippen LogP contribution in [0.15, 0.2) is 53.7 Å². The standard InChI is InChI=1S/C19H15F3N2O2S/c1-10-16(18(25)26-2)17(14-8-5-12(21)9-15(14)22)23-19(27)24(10)13-6-3-11(20)4-7-13/h3-9,17H,1-2H3,(H,23,27). The Morgan fingerprint density at radius 3 is 2.33 bits per heavy atom. The van der Waals surface area contributed by atoms with Gasteiger partial charge in [0.05, 0.1) is 18.7 Å². The lowest BCUT2D eigenvalue weighted by Crippen LogP contribution is -2.48. The van der Waals surface area contributed by atoms with Gasteiger partial charge in [0.1, 0.15) is 17.5 Å². The van der Waals surface area contributed by atoms with Crippen LogP contribution in [0.25, 0.3) is 0 Å². The molecule has 0 amide bonds. The Labute approximate surface area is 159 Å². The summed E-state index contributed by atoms with van der Waals surface area (Å²) in [5.41, 5.74) is 1.08. The van der Waals surface area contributed by atoms with Gasteiger partial charge in [-0.3, -0.25) is 4.90 Å². The third-order valence-electron chi connectivity index (χ3n) is 4.25. The normalized spacial score (nSPS) is 17.0. The molecule has 2 aromatic carbocycles. The van der Waals surface area contributed by atoms with Crippen molar-refractivity contribution in [3.8, 4) is 0 Å². The number of nitrogens with zero attached hydrogens (tertiary/aromatic N) is 1. The summed E-state index contributed by atoms with van der Waals surface area (Å²) in [5, 5.41) is 3.08. The fourth-order valence-electron chi connectivity index (χ4n) is 2.99. The van der Waals surface area contributed by atoms with Crippen molar-refractivity contribution in [1.29, 1.82) is 0 Å². The van der Waals surface area contributed by atoms with Crippen LogP contribution in [-0.2, 0) is 9.53 Å². The minimum Gasteiger partial charge on any atom is -0.466 e. The van der Waals surface area contributed by atoms with E-state index in [1.54, 1.807) is 6.92 Å². The Bertz CT molecular complexity index is 944. The molecule has 8 heteroatoms. The first kappa shape index (κ1) is 18.9. The highest BCUT2D eigenvalue weighted by Crippen LogP contribution is 2.35. The van der Waals surface area contributed by atoms with E-state index in [2.05, 4.69) is 5.32 Å². The predicted octanol–water partition coefficient (Wildman–Crippen LogP) is 3.99. The van der Waals surface area contributed by atoms with Gasteiger partial charge in [0.25, 0.3) is 0 Å². The molecule has 2 aromatic rings. The molecule has 0 aliphatic carbocycles. The largest absolute Gasteiger partial charge is 0.466 e. The zero-order chi connectivity index (χ0) is 19.7. The molecular formula is C19H15F3N2O2S. The SMILES string of the molecule is COC(=O)C1=C(C)N(c2ccc(F)cc2)C(=S)NC1c1ccc(F)cc1F. The number of hydrogen-bond acceptors (Lipinski definition) is 3. The Morgan fingerprint density at radius 1 is 1.11 bits per heavy atom. The van der Waals surface area contributed by atoms with E-state index in [4.69, 9.17) is 17.0 Å². The lowest BCUT2D eigenvalue weighted by molar-refractivity contribution is -0.136. The molecule has 1 N–H and O–H groups in total. The van der Waals surface area contributed by atoms with Crippen molar-refractivity contribution in [2.75, 3.05) is 12.0 Å². The zero-order valence-corrected chi connectivity index (χ0v) is 15.2. The predicted molar refractivity (Wildman–Crippen MR) is 98.4 cm³/mol. The van der Waals surface area contributed by atoms with Gasteiger partial charge >= 0.3 is 5.97 Å². The average molecular weight is 392 g/mol. The number of benzene rings is 2. The van der Waals surface area contributed by atoms with Crippen LogP contribution in [0.2, 0.25) is 0 Å². The van der Waals surface area contributed by atoms with E-state index < -0.39 is 29.5 Å². The summed E-state index contributed by atoms with van der Waals surface area (Å²) in [4.78, 5) is 14.0. The smallest absolute Gasteiger partial charge is 0.337 e. The lowest BCUT2D eigenvalue weighted by Gasteiger charge is -2.37. The van der Waals surface area contributed by atoms with E-state index in [0.29, 0.717) is 11.4 Å². The summed E-state index contributed by atoms with van der Waals surface area (Å²) in [5.74, 6) is -2.67. The van der Waals surface area contributed by atoms with Crippen LogP contribution in [-0.4, -0.2) is 18.2 Å². The van der Waals surface area contributed by atoms with Crippen LogP contribution in [0.3, 0.4) is 0 Å². The maximum atomic E-state index is 14.3. The summed E-state index contributed by atoms with van der Waals surface area (Å²) >= 11 is 5.38. The summed E-state index contributed by atoms with van der Waals surface area (Å²) in [6.45, 7) is 1.62. The van der Waals surface area contributed by atoms with Crippen molar-refractivity contribution in [3.63, 3.8) is 0 Å². The molecule has 1 unspecified atom stereocenters. The van der Waals surface area contributed by atoms with Gasteiger partial charge in [-0.15, -0.1) is 0 Å². The topological polar surface area (TPSA) is 41.6 Å². The minimum absolute atomic E-state index is 0.0530. The number of halogens is 3. The third kappa shape index (κ3) is 3.52. The number of carbonyl (C=O) groups is 1. The van der Waals surface area contributed by atoms with Crippen molar-refractivity contribution in [3.05, 3.63) is 76.7 Å². The molecule has 0 spiro atoms. The van der Waals surface area contributed by atoms with Crippen LogP contribution in [0, 0.1) is 17.5 Å². The van der Waals surface area contributed by atoms with Gasteiger partial charge in [0.2, 0.25) is 0 Å². The highest BCUT2D eigenvalue weighted by Gasteiger charge is 2.36. The van der Waals surface area contributed by atoms with Gasteiger partial charge in [-0.05, 0) is 49.5 Å². The summed E-state index contributed by atoms with van der Waals surface area (Å²) in [7, 11) is 1.20. The molecule has 3 rings (SSSR count). The first-order chi connectivity index (χ1) is 12.8. The van der Waals surface area contributed by atoms with E-state index in [-0.39, 0.29) is 16.2 Å². The number of carbonyl (C=O) groups excluding carboxylic acids is 1. The summed E-state index contributed by atoms with van der Waals surface area (Å²) < 4.78 is 45.7. The number of nitrogens with one attached hydrogen (secondary N) is 1. The monoisotopic (exact) mass is 392 g/mol. The third-order valence-corrected chi connectivity index (χ3v) is 4.55. The Balaban J connectivity index is 2.15. The van der Waals surface area contributed by atoms with Gasteiger partial charge in [0, 0.05) is 23.0 Å². The Hall–Kier alpha value is -2.87. The molecule has 0 fully saturated rings. The highest BCUT2D eigenvalue weighted by molar-refractivity contribution is 7.80. The van der Waals surface area contributed by atoms with Gasteiger partial charge in [-0.2, -0.15) is 0 Å². The Morgan fingerprint density at radius 2 is 1.74 bits per heavy atom. The number of esters is 1. The fourth-order valence-corrected chi connectivity index (χ4v) is 3.35. The number of hydrogen-bond donors (Lipinski definition) is 1. The van der Waals surface area contributed by atoms with E-state index in [1.807, 2.05) is 0 Å². The van der Waals surface area contributed by atoms with Gasteiger partial charge < -0.3 is 10.1 Å². The van der Waals surface area contributed by atoms with Crippen molar-refractivity contribution in [2.24, 2.45) is 0 Å². The first-order valence-electron chi connectivity index (χ1n) is 7.93. The second-order valence-corrected chi connectivity index (χ2v) is 6.24. The van der Waals surface area contributed by atoms with E-state index in [1.165, 1.54) is 42.3 Å². The molecule has 0 bridgehead atoms. The molecule has 0 radical (unpaired) electrons. The van der Waals surface area contributed by atoms with E-state index in [9.17, 15) is 18.0 Å². The van der Waals surface area contributed by atoms with Crippen molar-refractivity contribution in [2.45, 2.75) is 13.0 Å². The van der Waals surface area contributed by atoms with E-state index in [0.717, 1.165) is 12.1 Å². The molecule has 1 aliphatic heterocycles. The number of ether oxygens (including phenoxy) is 1. The molecule has 1 heterocycles. The van der Waals surface area contributed by atoms with Crippen LogP contribution >= 0.6 is 12.2 Å². The maximum absolute atomic E-state index is 14.3. The fraction of sp³-hybridized carbons (Fsp3) is 0.158. The molecule has 0 saturated carbocycles. The van der Waals surface area contributed by atoms with Gasteiger partial charge in [-0.25, -0.2) is 18.0 Å². The molecule has 0 saturated heterocycles. The molecular weight excluding hydrogens is 377 g/mol. The van der Waals surface area contributed by atoms with Gasteiger partial charge in [0.15, 0.2) is 5.11 Å². The molecule has 1 atom stereocenters. The quantitative estimate of drug-likeness (QED) is 0.632. The maximum Gasteiger partial charge on any atom is 0.337 e. The van der Waals surface area contributed by atoms with Crippen molar-refractivity contribution < 1.29 is 22.7 Å². The molecule has 0 aromatic heterocycles. The van der Waals surface area contributed by atoms with Crippen molar-refractivity contribution in [1.82, 2.24) is 5.32 Å². The number of rotatable bonds is 3. The number of anilines is 1. The average Bonchev–Trinajstić information content (AvgIpc) is 2.62. The number of thiocarbonyl (C=S) groups is 1. The first-order valence-corrected chi connectivity index (χ1v) is 8.34. The summed E-state index contributed by atoms with van der Waals surface area (Å²) in [6, 6.07) is 7.64. The minimum atomic E-state index is -0.956. The molecule has 27 heavy (non-hydrogen) atoms. The van der Waals surface area contributed by atoms with E-state index >= 15 is 0 Å². The molecule has 140 valence electrons. The van der Waals surface area contributed by atoms with Crippen molar-refractivity contribution >= 4 is 29.0 Å². The number of methoxy groups -OCH3 is 1. The molecule has 4 nitrogen and oxygen atoms in total. The number of allylic oxidation sites excluding steroid dienone is 1. The molecule has 1 aliphatic rings. The van der Waals surface area contributed by atoms with Crippen LogP contribution < -0.4 is 10.2 Å². The second kappa shape index (κ2) is 7.40. The van der Waals surface area contributed by atoms with Crippen LogP contribution in [0.4, 0.5) is 18.9 Å². The van der Waals surface area contributed by atoms with Gasteiger partial charge in [-0.1, -0.05) is 6.07 Å². The van der Waals surface area contributed by atoms with Crippen LogP contribution in [0.1, 0.15) is 18.5 Å².